The average molecular weight is 263 g/mol. The van der Waals surface area contributed by atoms with Crippen LogP contribution in [0.2, 0.25) is 0 Å². The minimum absolute atomic E-state index is 0.0887. The number of thiophene rings is 1. The van der Waals surface area contributed by atoms with E-state index in [2.05, 4.69) is 5.38 Å². The monoisotopic (exact) mass is 263 g/mol. The normalized spacial score (nSPS) is 12.1. The molecule has 0 radical (unpaired) electrons. The smallest absolute Gasteiger partial charge is 0.137 e. The van der Waals surface area contributed by atoms with Crippen LogP contribution in [-0.2, 0) is 0 Å². The van der Waals surface area contributed by atoms with Crippen LogP contribution in [0.25, 0.3) is 0 Å². The highest BCUT2D eigenvalue weighted by atomic mass is 32.1. The molecular formula is C14H17NO2S. The Hall–Kier alpha value is -1.52. The second kappa shape index (κ2) is 6.42. The summed E-state index contributed by atoms with van der Waals surface area (Å²) in [5.74, 6) is 1.66. The maximum Gasteiger partial charge on any atom is 0.137 e. The number of benzene rings is 1. The van der Waals surface area contributed by atoms with E-state index in [0.717, 1.165) is 17.1 Å². The summed E-state index contributed by atoms with van der Waals surface area (Å²) >= 11 is 1.65. The van der Waals surface area contributed by atoms with Gasteiger partial charge in [0.2, 0.25) is 0 Å². The van der Waals surface area contributed by atoms with E-state index >= 15 is 0 Å². The van der Waals surface area contributed by atoms with Crippen molar-refractivity contribution in [1.29, 1.82) is 0 Å². The van der Waals surface area contributed by atoms with Crippen LogP contribution in [0.15, 0.2) is 41.1 Å². The van der Waals surface area contributed by atoms with E-state index in [1.165, 1.54) is 0 Å². The van der Waals surface area contributed by atoms with Crippen LogP contribution >= 0.6 is 11.3 Å². The molecule has 2 aromatic rings. The standard InChI is InChI=1S/C14H17NO2S/c1-2-16-12-3-5-13(6-4-12)17-14(9-15)11-7-8-18-10-11/h3-8,10,14H,2,9,15H2,1H3. The summed E-state index contributed by atoms with van der Waals surface area (Å²) in [6, 6.07) is 9.65. The van der Waals surface area contributed by atoms with Gasteiger partial charge in [-0.05, 0) is 48.0 Å². The lowest BCUT2D eigenvalue weighted by Crippen LogP contribution is -2.17. The van der Waals surface area contributed by atoms with Gasteiger partial charge in [0.25, 0.3) is 0 Å². The van der Waals surface area contributed by atoms with E-state index in [1.54, 1.807) is 11.3 Å². The Morgan fingerprint density at radius 2 is 1.89 bits per heavy atom. The van der Waals surface area contributed by atoms with Crippen molar-refractivity contribution in [3.8, 4) is 11.5 Å². The fourth-order valence-corrected chi connectivity index (χ4v) is 2.36. The molecule has 0 aliphatic rings. The summed E-state index contributed by atoms with van der Waals surface area (Å²) in [6.07, 6.45) is -0.0887. The number of rotatable bonds is 6. The lowest BCUT2D eigenvalue weighted by Gasteiger charge is -2.16. The molecule has 3 nitrogen and oxygen atoms in total. The number of hydrogen-bond acceptors (Lipinski definition) is 4. The lowest BCUT2D eigenvalue weighted by atomic mass is 10.2. The first kappa shape index (κ1) is 12.9. The van der Waals surface area contributed by atoms with Crippen molar-refractivity contribution in [2.45, 2.75) is 13.0 Å². The first-order chi connectivity index (χ1) is 8.83. The maximum atomic E-state index is 5.87. The van der Waals surface area contributed by atoms with Crippen molar-refractivity contribution in [1.82, 2.24) is 0 Å². The molecule has 1 unspecified atom stereocenters. The topological polar surface area (TPSA) is 44.5 Å². The van der Waals surface area contributed by atoms with E-state index in [4.69, 9.17) is 15.2 Å². The molecule has 0 saturated carbocycles. The SMILES string of the molecule is CCOc1ccc(OC(CN)c2ccsc2)cc1. The van der Waals surface area contributed by atoms with E-state index in [1.807, 2.05) is 42.6 Å². The second-order valence-corrected chi connectivity index (χ2v) is 4.58. The highest BCUT2D eigenvalue weighted by Crippen LogP contribution is 2.24. The minimum atomic E-state index is -0.0887. The minimum Gasteiger partial charge on any atom is -0.494 e. The molecule has 0 aliphatic heterocycles. The van der Waals surface area contributed by atoms with Gasteiger partial charge in [0.1, 0.15) is 17.6 Å². The Morgan fingerprint density at radius 3 is 2.44 bits per heavy atom. The van der Waals surface area contributed by atoms with Crippen molar-refractivity contribution >= 4 is 11.3 Å². The molecule has 2 rings (SSSR count). The average Bonchev–Trinajstić information content (AvgIpc) is 2.92. The van der Waals surface area contributed by atoms with Crippen molar-refractivity contribution in [2.75, 3.05) is 13.2 Å². The Labute approximate surface area is 111 Å². The van der Waals surface area contributed by atoms with Crippen LogP contribution in [0.5, 0.6) is 11.5 Å². The highest BCUT2D eigenvalue weighted by Gasteiger charge is 2.11. The summed E-state index contributed by atoms with van der Waals surface area (Å²) < 4.78 is 11.3. The fraction of sp³-hybridized carbons (Fsp3) is 0.286. The molecule has 1 aromatic heterocycles. The van der Waals surface area contributed by atoms with Crippen molar-refractivity contribution in [3.63, 3.8) is 0 Å². The van der Waals surface area contributed by atoms with Gasteiger partial charge in [-0.2, -0.15) is 11.3 Å². The zero-order valence-electron chi connectivity index (χ0n) is 10.3. The molecule has 1 atom stereocenters. The van der Waals surface area contributed by atoms with Crippen LogP contribution < -0.4 is 15.2 Å². The lowest BCUT2D eigenvalue weighted by molar-refractivity contribution is 0.214. The third-order valence-electron chi connectivity index (χ3n) is 2.54. The van der Waals surface area contributed by atoms with Crippen molar-refractivity contribution < 1.29 is 9.47 Å². The van der Waals surface area contributed by atoms with Crippen LogP contribution in [-0.4, -0.2) is 13.2 Å². The maximum absolute atomic E-state index is 5.87. The zero-order chi connectivity index (χ0) is 12.8. The number of nitrogens with two attached hydrogens (primary N) is 1. The predicted octanol–water partition coefficient (Wildman–Crippen LogP) is 3.23. The summed E-state index contributed by atoms with van der Waals surface area (Å²) in [5, 5.41) is 4.09. The van der Waals surface area contributed by atoms with Gasteiger partial charge in [-0.25, -0.2) is 0 Å². The van der Waals surface area contributed by atoms with E-state index < -0.39 is 0 Å². The Balaban J connectivity index is 2.03. The fourth-order valence-electron chi connectivity index (χ4n) is 1.66. The molecule has 0 amide bonds. The molecule has 18 heavy (non-hydrogen) atoms. The third-order valence-corrected chi connectivity index (χ3v) is 3.24. The van der Waals surface area contributed by atoms with Crippen LogP contribution in [0, 0.1) is 0 Å². The van der Waals surface area contributed by atoms with Crippen LogP contribution in [0.4, 0.5) is 0 Å². The first-order valence-corrected chi connectivity index (χ1v) is 6.89. The summed E-state index contributed by atoms with van der Waals surface area (Å²) in [4.78, 5) is 0. The summed E-state index contributed by atoms with van der Waals surface area (Å²) in [7, 11) is 0. The first-order valence-electron chi connectivity index (χ1n) is 5.95. The van der Waals surface area contributed by atoms with Gasteiger partial charge >= 0.3 is 0 Å². The third kappa shape index (κ3) is 3.24. The Morgan fingerprint density at radius 1 is 1.17 bits per heavy atom. The van der Waals surface area contributed by atoms with E-state index in [0.29, 0.717) is 13.2 Å². The quantitative estimate of drug-likeness (QED) is 0.870. The molecule has 0 fully saturated rings. The molecule has 4 heteroatoms. The molecule has 2 N–H and O–H groups in total. The molecule has 0 aliphatic carbocycles. The molecule has 0 bridgehead atoms. The zero-order valence-corrected chi connectivity index (χ0v) is 11.2. The van der Waals surface area contributed by atoms with Gasteiger partial charge in [-0.1, -0.05) is 0 Å². The molecule has 0 saturated heterocycles. The van der Waals surface area contributed by atoms with Gasteiger partial charge in [0.15, 0.2) is 0 Å². The van der Waals surface area contributed by atoms with Gasteiger partial charge in [-0.15, -0.1) is 0 Å². The van der Waals surface area contributed by atoms with Crippen LogP contribution in [0.1, 0.15) is 18.6 Å². The largest absolute Gasteiger partial charge is 0.494 e. The van der Waals surface area contributed by atoms with Gasteiger partial charge in [0.05, 0.1) is 6.61 Å². The molecular weight excluding hydrogens is 246 g/mol. The van der Waals surface area contributed by atoms with Crippen molar-refractivity contribution in [3.05, 3.63) is 46.7 Å². The van der Waals surface area contributed by atoms with Crippen LogP contribution in [0.3, 0.4) is 0 Å². The summed E-state index contributed by atoms with van der Waals surface area (Å²) in [5.41, 5.74) is 6.87. The number of hydrogen-bond donors (Lipinski definition) is 1. The summed E-state index contributed by atoms with van der Waals surface area (Å²) in [6.45, 7) is 3.09. The molecule has 1 aromatic carbocycles. The Kier molecular flexibility index (Phi) is 4.61. The van der Waals surface area contributed by atoms with Gasteiger partial charge in [-0.3, -0.25) is 0 Å². The second-order valence-electron chi connectivity index (χ2n) is 3.80. The predicted molar refractivity (Wildman–Crippen MR) is 74.4 cm³/mol. The molecule has 0 spiro atoms. The number of ether oxygens (including phenoxy) is 2. The van der Waals surface area contributed by atoms with E-state index in [9.17, 15) is 0 Å². The van der Waals surface area contributed by atoms with E-state index in [-0.39, 0.29) is 6.10 Å². The van der Waals surface area contributed by atoms with Gasteiger partial charge in [0, 0.05) is 12.1 Å². The van der Waals surface area contributed by atoms with Crippen molar-refractivity contribution in [2.24, 2.45) is 5.73 Å². The molecule has 1 heterocycles. The Bertz CT molecular complexity index is 453. The highest BCUT2D eigenvalue weighted by molar-refractivity contribution is 7.07. The molecule has 96 valence electrons. The van der Waals surface area contributed by atoms with Gasteiger partial charge < -0.3 is 15.2 Å².